The molecule has 0 spiro atoms. The fourth-order valence-electron chi connectivity index (χ4n) is 6.48. The van der Waals surface area contributed by atoms with Crippen LogP contribution >= 0.6 is 0 Å². The summed E-state index contributed by atoms with van der Waals surface area (Å²) < 4.78 is 8.91. The number of halogens is 2. The van der Waals surface area contributed by atoms with Crippen LogP contribution in [0.2, 0.25) is 50.4 Å². The van der Waals surface area contributed by atoms with E-state index >= 15 is 0 Å². The van der Waals surface area contributed by atoms with E-state index in [1.54, 1.807) is 11.1 Å². The van der Waals surface area contributed by atoms with Crippen LogP contribution in [0.15, 0.2) is 41.0 Å². The van der Waals surface area contributed by atoms with Crippen LogP contribution in [0.5, 0.6) is 0 Å². The van der Waals surface area contributed by atoms with Gasteiger partial charge in [0.25, 0.3) is 0 Å². The Hall–Kier alpha value is 0.727. The summed E-state index contributed by atoms with van der Waals surface area (Å²) in [5.74, 6) is 0. The predicted octanol–water partition coefficient (Wildman–Crippen LogP) is 2.00. The summed E-state index contributed by atoms with van der Waals surface area (Å²) in [4.78, 5) is 0. The molecule has 0 amide bonds. The third-order valence-electron chi connectivity index (χ3n) is 7.52. The molecule has 0 saturated carbocycles. The third-order valence-corrected chi connectivity index (χ3v) is 19.3. The first-order chi connectivity index (χ1) is 13.1. The van der Waals surface area contributed by atoms with E-state index in [1.807, 2.05) is 17.7 Å². The molecule has 5 heteroatoms. The van der Waals surface area contributed by atoms with Gasteiger partial charge >= 0.3 is 184 Å². The summed E-state index contributed by atoms with van der Waals surface area (Å²) >= 11 is -2.03. The summed E-state index contributed by atoms with van der Waals surface area (Å²) in [6.45, 7) is 15.7. The second-order valence-corrected chi connectivity index (χ2v) is 27.6. The Morgan fingerprint density at radius 3 is 1.33 bits per heavy atom. The van der Waals surface area contributed by atoms with Crippen LogP contribution in [0, 0.1) is 0 Å². The molecule has 0 bridgehead atoms. The molecular weight excluding hydrogens is 519 g/mol. The first-order valence-electron chi connectivity index (χ1n) is 11.7. The average Bonchev–Trinajstić information content (AvgIpc) is 3.19. The average molecular weight is 559 g/mol. The van der Waals surface area contributed by atoms with E-state index in [2.05, 4.69) is 51.4 Å². The first-order valence-corrected chi connectivity index (χ1v) is 23.0. The normalized spacial score (nSPS) is 26.0. The van der Waals surface area contributed by atoms with Crippen molar-refractivity contribution in [1.29, 1.82) is 0 Å². The summed E-state index contributed by atoms with van der Waals surface area (Å²) in [5, 5.41) is 0. The first kappa shape index (κ1) is 27.0. The van der Waals surface area contributed by atoms with Gasteiger partial charge in [-0.05, 0) is 0 Å². The van der Waals surface area contributed by atoms with Crippen LogP contribution in [0.4, 0.5) is 0 Å². The van der Waals surface area contributed by atoms with E-state index in [9.17, 15) is 0 Å². The smallest absolute Gasteiger partial charge is 1.00 e. The molecule has 0 fully saturated rings. The van der Waals surface area contributed by atoms with E-state index < -0.39 is 37.4 Å². The second kappa shape index (κ2) is 9.92. The minimum absolute atomic E-state index is 0. The predicted molar refractivity (Wildman–Crippen MR) is 128 cm³/mol. The molecule has 0 aromatic rings. The number of hydrogen-bond acceptors (Lipinski definition) is 0. The third kappa shape index (κ3) is 4.96. The molecule has 0 radical (unpaired) electrons. The van der Waals surface area contributed by atoms with E-state index in [4.69, 9.17) is 4.21 Å². The van der Waals surface area contributed by atoms with Crippen molar-refractivity contribution in [3.8, 4) is 0 Å². The van der Waals surface area contributed by atoms with Gasteiger partial charge in [-0.1, -0.05) is 0 Å². The van der Waals surface area contributed by atoms with Crippen molar-refractivity contribution in [2.45, 2.75) is 102 Å². The van der Waals surface area contributed by atoms with Crippen molar-refractivity contribution >= 4 is 20.4 Å². The maximum atomic E-state index is 5.10. The van der Waals surface area contributed by atoms with Crippen molar-refractivity contribution in [2.24, 2.45) is 0 Å². The fraction of sp³-hybridized carbons (Fsp3) is 0.640. The van der Waals surface area contributed by atoms with Crippen molar-refractivity contribution in [2.75, 3.05) is 0 Å². The van der Waals surface area contributed by atoms with Crippen LogP contribution in [-0.2, 0) is 21.3 Å². The maximum Gasteiger partial charge on any atom is -1.00 e. The largest absolute Gasteiger partial charge is 1.00 e. The van der Waals surface area contributed by atoms with Gasteiger partial charge in [-0.15, -0.1) is 0 Å². The molecule has 0 aliphatic heterocycles. The van der Waals surface area contributed by atoms with Gasteiger partial charge in [0.15, 0.2) is 0 Å². The molecule has 0 nitrogen and oxygen atoms in total. The zero-order chi connectivity index (χ0) is 20.3. The van der Waals surface area contributed by atoms with Crippen LogP contribution in [0.25, 0.3) is 0 Å². The molecule has 0 aromatic heterocycles. The number of hydrogen-bond donors (Lipinski definition) is 0. The van der Waals surface area contributed by atoms with Crippen molar-refractivity contribution in [3.63, 3.8) is 0 Å². The molecule has 0 N–H and O–H groups in total. The van der Waals surface area contributed by atoms with Gasteiger partial charge in [0.05, 0.1) is 0 Å². The zero-order valence-corrected chi connectivity index (χ0v) is 25.9. The quantitative estimate of drug-likeness (QED) is 0.463. The molecular formula is C25H40Cl2Si2Zr. The Morgan fingerprint density at radius 1 is 0.667 bits per heavy atom. The Bertz CT molecular complexity index is 766. The van der Waals surface area contributed by atoms with Gasteiger partial charge in [0.2, 0.25) is 0 Å². The Balaban J connectivity index is 0.00000160. The van der Waals surface area contributed by atoms with E-state index in [0.29, 0.717) is 0 Å². The van der Waals surface area contributed by atoms with Crippen LogP contribution < -0.4 is 24.8 Å². The molecule has 30 heavy (non-hydrogen) atoms. The Kier molecular flexibility index (Phi) is 8.92. The summed E-state index contributed by atoms with van der Waals surface area (Å²) in [7, 11) is -2.52. The van der Waals surface area contributed by atoms with Crippen LogP contribution in [0.1, 0.15) is 51.4 Å². The molecule has 4 aliphatic rings. The van der Waals surface area contributed by atoms with Gasteiger partial charge in [-0.2, -0.15) is 0 Å². The molecule has 0 heterocycles. The van der Waals surface area contributed by atoms with Crippen LogP contribution in [0.3, 0.4) is 0 Å². The summed E-state index contributed by atoms with van der Waals surface area (Å²) in [6.07, 6.45) is 16.6. The molecule has 0 saturated heterocycles. The summed E-state index contributed by atoms with van der Waals surface area (Å²) in [5.41, 5.74) is 8.93. The van der Waals surface area contributed by atoms with Crippen LogP contribution in [-0.4, -0.2) is 20.4 Å². The molecule has 4 aliphatic carbocycles. The van der Waals surface area contributed by atoms with E-state index in [-0.39, 0.29) is 24.8 Å². The van der Waals surface area contributed by atoms with Gasteiger partial charge < -0.3 is 24.8 Å². The molecule has 166 valence electrons. The van der Waals surface area contributed by atoms with E-state index in [1.165, 1.54) is 51.4 Å². The minimum atomic E-state index is -2.03. The van der Waals surface area contributed by atoms with Gasteiger partial charge in [0.1, 0.15) is 0 Å². The SMILES string of the molecule is [CH2]=[Zr+2]([C]1=CC2=C(CCCC2)[C@@H]1[Si](C)(C)C)[C]1=CC2=C(CCCC2)[C@H]1[Si](C)(C)C.[Cl-].[Cl-]. The van der Waals surface area contributed by atoms with Crippen molar-refractivity contribution in [3.05, 3.63) is 41.0 Å². The second-order valence-electron chi connectivity index (χ2n) is 11.8. The van der Waals surface area contributed by atoms with Gasteiger partial charge in [-0.25, -0.2) is 0 Å². The topological polar surface area (TPSA) is 0 Å². The van der Waals surface area contributed by atoms with Crippen molar-refractivity contribution in [1.82, 2.24) is 0 Å². The molecule has 0 aromatic carbocycles. The van der Waals surface area contributed by atoms with Crippen molar-refractivity contribution < 1.29 is 46.1 Å². The Labute approximate surface area is 207 Å². The zero-order valence-electron chi connectivity index (χ0n) is 19.9. The fourth-order valence-corrected chi connectivity index (χ4v) is 24.8. The number of rotatable bonds is 4. The monoisotopic (exact) mass is 556 g/mol. The minimum Gasteiger partial charge on any atom is -1.00 e. The van der Waals surface area contributed by atoms with Gasteiger partial charge in [0, 0.05) is 0 Å². The molecule has 0 unspecified atom stereocenters. The maximum absolute atomic E-state index is 5.10. The summed E-state index contributed by atoms with van der Waals surface area (Å²) in [6, 6.07) is 0. The van der Waals surface area contributed by atoms with E-state index in [0.717, 1.165) is 11.1 Å². The Morgan fingerprint density at radius 2 is 1.00 bits per heavy atom. The standard InChI is InChI=1S/2C12H19Si.CH2.2ClH.Zr/c2*1-13(2,3)12-9-8-10-6-4-5-7-11(10)12;;;;/h2*8,12H,4-7H2,1-3H3;1H2;2*1H;/q;;;;;+2/p-2/t2*12-;;;;/m10..../s1. The molecule has 4 rings (SSSR count). The number of allylic oxidation sites excluding steroid dienone is 8. The van der Waals surface area contributed by atoms with Gasteiger partial charge in [-0.3, -0.25) is 0 Å². The molecule has 2 atom stereocenters.